The first-order valence-corrected chi connectivity index (χ1v) is 17.4. The molecule has 13 nitrogen and oxygen atoms in total. The van der Waals surface area contributed by atoms with E-state index in [1.165, 1.54) is 5.56 Å². The summed E-state index contributed by atoms with van der Waals surface area (Å²) in [6, 6.07) is 7.36. The maximum atomic E-state index is 13.1. The van der Waals surface area contributed by atoms with Crippen molar-refractivity contribution >= 4 is 23.7 Å². The fourth-order valence-corrected chi connectivity index (χ4v) is 5.17. The van der Waals surface area contributed by atoms with Crippen LogP contribution in [0.4, 0.5) is 0 Å². The number of ether oxygens (including phenoxy) is 3. The van der Waals surface area contributed by atoms with Crippen LogP contribution in [0, 0.1) is 12.3 Å². The van der Waals surface area contributed by atoms with Gasteiger partial charge in [0.25, 0.3) is 0 Å². The van der Waals surface area contributed by atoms with Crippen LogP contribution < -0.4 is 11.1 Å². The molecule has 0 bridgehead atoms. The van der Waals surface area contributed by atoms with Crippen molar-refractivity contribution < 1.29 is 38.5 Å². The van der Waals surface area contributed by atoms with Gasteiger partial charge in [-0.1, -0.05) is 43.7 Å². The Labute approximate surface area is 293 Å². The number of nitrogens with one attached hydrogen (secondary N) is 1. The maximum absolute atomic E-state index is 13.1. The number of carboxylic acids is 1. The Morgan fingerprint density at radius 1 is 0.878 bits per heavy atom. The summed E-state index contributed by atoms with van der Waals surface area (Å²) in [5.74, 6) is -1.05. The lowest BCUT2D eigenvalue weighted by Gasteiger charge is -2.34. The largest absolute Gasteiger partial charge is 0.480 e. The molecule has 1 rings (SSSR count). The van der Waals surface area contributed by atoms with Gasteiger partial charge in [0.1, 0.15) is 6.04 Å². The molecule has 3 amide bonds. The minimum Gasteiger partial charge on any atom is -0.480 e. The van der Waals surface area contributed by atoms with E-state index in [4.69, 9.17) is 25.1 Å². The van der Waals surface area contributed by atoms with Crippen LogP contribution in [0.3, 0.4) is 0 Å². The second-order valence-corrected chi connectivity index (χ2v) is 13.4. The van der Waals surface area contributed by atoms with Gasteiger partial charge in [-0.15, -0.1) is 0 Å². The molecular formula is C36H63N5O8. The summed E-state index contributed by atoms with van der Waals surface area (Å²) in [5, 5.41) is 15.3. The molecule has 0 aromatic heterocycles. The van der Waals surface area contributed by atoms with Crippen LogP contribution in [0.2, 0.25) is 0 Å². The number of likely N-dealkylation sites (N-methyl/N-ethyl adjacent to an activating group) is 1. The van der Waals surface area contributed by atoms with Crippen molar-refractivity contribution in [3.63, 3.8) is 0 Å². The number of amides is 3. The highest BCUT2D eigenvalue weighted by molar-refractivity contribution is 5.77. The standard InChI is InChI=1S/C36H63N5O8/c1-29-14-16-30(17-15-29)18-19-34(44)41(23-25-48-6)39(4)21-26-49-28-36(2,3)27-40(22-24-47-5)33(43)13-8-7-12-32(42)38-20-10-9-11-31(37)35(45)46/h14-17,31H,7-13,18-28,37H2,1-6H3,(H,38,42)(H,45,46). The fourth-order valence-electron chi connectivity index (χ4n) is 5.17. The Balaban J connectivity index is 2.47. The van der Waals surface area contributed by atoms with E-state index in [2.05, 4.69) is 43.4 Å². The van der Waals surface area contributed by atoms with Crippen molar-refractivity contribution in [3.8, 4) is 0 Å². The smallest absolute Gasteiger partial charge is 0.320 e. The van der Waals surface area contributed by atoms with Gasteiger partial charge in [-0.25, -0.2) is 5.01 Å². The lowest BCUT2D eigenvalue weighted by atomic mass is 9.93. The van der Waals surface area contributed by atoms with Crippen LogP contribution in [0.1, 0.15) is 76.3 Å². The highest BCUT2D eigenvalue weighted by Crippen LogP contribution is 2.19. The molecule has 13 heteroatoms. The second-order valence-electron chi connectivity index (χ2n) is 13.4. The average Bonchev–Trinajstić information content (AvgIpc) is 3.06. The average molecular weight is 694 g/mol. The Morgan fingerprint density at radius 3 is 2.18 bits per heavy atom. The molecule has 0 saturated carbocycles. The zero-order valence-electron chi connectivity index (χ0n) is 30.8. The summed E-state index contributed by atoms with van der Waals surface area (Å²) in [6.45, 7) is 10.3. The lowest BCUT2D eigenvalue weighted by molar-refractivity contribution is -0.149. The number of methoxy groups -OCH3 is 2. The zero-order valence-corrected chi connectivity index (χ0v) is 30.8. The third-order valence-corrected chi connectivity index (χ3v) is 8.17. The van der Waals surface area contributed by atoms with Crippen LogP contribution in [0.25, 0.3) is 0 Å². The number of nitrogens with zero attached hydrogens (tertiary/aromatic N) is 3. The van der Waals surface area contributed by atoms with Gasteiger partial charge in [0.2, 0.25) is 17.7 Å². The van der Waals surface area contributed by atoms with Crippen LogP contribution in [0.5, 0.6) is 0 Å². The van der Waals surface area contributed by atoms with E-state index >= 15 is 0 Å². The molecule has 0 aliphatic carbocycles. The first kappa shape index (κ1) is 43.9. The maximum Gasteiger partial charge on any atom is 0.320 e. The predicted octanol–water partition coefficient (Wildman–Crippen LogP) is 3.03. The highest BCUT2D eigenvalue weighted by Gasteiger charge is 2.26. The number of carboxylic acid groups (broad SMARTS) is 1. The molecule has 0 spiro atoms. The minimum atomic E-state index is -1.02. The monoisotopic (exact) mass is 693 g/mol. The van der Waals surface area contributed by atoms with Crippen LogP contribution in [-0.4, -0.2) is 130 Å². The normalized spacial score (nSPS) is 12.2. The fraction of sp³-hybridized carbons (Fsp3) is 0.722. The third kappa shape index (κ3) is 20.2. The first-order chi connectivity index (χ1) is 23.3. The number of benzene rings is 1. The van der Waals surface area contributed by atoms with Crippen LogP contribution >= 0.6 is 0 Å². The van der Waals surface area contributed by atoms with Gasteiger partial charge in [-0.2, -0.15) is 0 Å². The van der Waals surface area contributed by atoms with Gasteiger partial charge in [0, 0.05) is 72.1 Å². The van der Waals surface area contributed by atoms with Crippen molar-refractivity contribution in [2.45, 2.75) is 84.6 Å². The van der Waals surface area contributed by atoms with Gasteiger partial charge >= 0.3 is 5.97 Å². The summed E-state index contributed by atoms with van der Waals surface area (Å²) >= 11 is 0. The molecule has 49 heavy (non-hydrogen) atoms. The van der Waals surface area contributed by atoms with E-state index in [9.17, 15) is 19.2 Å². The predicted molar refractivity (Wildman–Crippen MR) is 190 cm³/mol. The van der Waals surface area contributed by atoms with E-state index in [1.54, 1.807) is 24.1 Å². The van der Waals surface area contributed by atoms with Crippen molar-refractivity contribution in [2.24, 2.45) is 11.1 Å². The lowest BCUT2D eigenvalue weighted by Crippen LogP contribution is -2.47. The Bertz CT molecular complexity index is 1100. The quantitative estimate of drug-likeness (QED) is 0.0878. The van der Waals surface area contributed by atoms with Gasteiger partial charge in [0.15, 0.2) is 0 Å². The van der Waals surface area contributed by atoms with E-state index in [0.29, 0.717) is 117 Å². The van der Waals surface area contributed by atoms with Crippen LogP contribution in [0.15, 0.2) is 24.3 Å². The number of carbonyl (C=O) groups is 4. The summed E-state index contributed by atoms with van der Waals surface area (Å²) in [5.41, 5.74) is 7.49. The number of nitrogens with two attached hydrogens (primary N) is 1. The summed E-state index contributed by atoms with van der Waals surface area (Å²) in [4.78, 5) is 51.0. The molecule has 0 radical (unpaired) electrons. The number of rotatable bonds is 28. The van der Waals surface area contributed by atoms with E-state index < -0.39 is 12.0 Å². The number of unbranched alkanes of at least 4 members (excludes halogenated alkanes) is 2. The molecule has 0 heterocycles. The molecule has 1 unspecified atom stereocenters. The first-order valence-electron chi connectivity index (χ1n) is 17.4. The number of hydrogen-bond acceptors (Lipinski definition) is 9. The van der Waals surface area contributed by atoms with Crippen molar-refractivity contribution in [2.75, 3.05) is 80.4 Å². The second kappa shape index (κ2) is 24.9. The number of hydrogen-bond donors (Lipinski definition) is 3. The van der Waals surface area contributed by atoms with Crippen molar-refractivity contribution in [1.29, 1.82) is 0 Å². The van der Waals surface area contributed by atoms with Gasteiger partial charge in [-0.05, 0) is 51.0 Å². The summed E-state index contributed by atoms with van der Waals surface area (Å²) in [6.07, 6.45) is 4.58. The molecule has 0 aliphatic heterocycles. The summed E-state index contributed by atoms with van der Waals surface area (Å²) < 4.78 is 16.6. The topological polar surface area (TPSA) is 164 Å². The highest BCUT2D eigenvalue weighted by atomic mass is 16.5. The number of aliphatic carboxylic acids is 1. The van der Waals surface area contributed by atoms with Gasteiger partial charge < -0.3 is 35.3 Å². The molecule has 0 fully saturated rings. The molecule has 0 aliphatic rings. The Kier molecular flexibility index (Phi) is 22.4. The third-order valence-electron chi connectivity index (χ3n) is 8.17. The van der Waals surface area contributed by atoms with E-state index in [0.717, 1.165) is 5.56 Å². The molecular weight excluding hydrogens is 630 g/mol. The summed E-state index contributed by atoms with van der Waals surface area (Å²) in [7, 11) is 5.11. The van der Waals surface area contributed by atoms with E-state index in [-0.39, 0.29) is 23.1 Å². The van der Waals surface area contributed by atoms with Crippen LogP contribution in [-0.2, 0) is 39.8 Å². The molecule has 1 aromatic carbocycles. The van der Waals surface area contributed by atoms with Crippen molar-refractivity contribution in [1.82, 2.24) is 20.2 Å². The number of aryl methyl sites for hydroxylation is 2. The zero-order chi connectivity index (χ0) is 36.7. The molecule has 1 aromatic rings. The number of carbonyl (C=O) groups excluding carboxylic acids is 3. The Hall–Kier alpha value is -3.10. The number of hydrazine groups is 1. The van der Waals surface area contributed by atoms with Crippen molar-refractivity contribution in [3.05, 3.63) is 35.4 Å². The van der Waals surface area contributed by atoms with Gasteiger partial charge in [0.05, 0.1) is 33.0 Å². The molecule has 4 N–H and O–H groups in total. The minimum absolute atomic E-state index is 0.0120. The Morgan fingerprint density at radius 2 is 1.53 bits per heavy atom. The molecule has 1 atom stereocenters. The SMILES string of the molecule is COCCN(CC(C)(C)COCCN(C)N(CCOC)C(=O)CCc1ccc(C)cc1)C(=O)CCCCC(=O)NCCCCC(N)C(=O)O. The van der Waals surface area contributed by atoms with Gasteiger partial charge in [-0.3, -0.25) is 24.2 Å². The molecule has 0 saturated heterocycles. The molecule has 280 valence electrons. The van der Waals surface area contributed by atoms with E-state index in [1.807, 2.05) is 19.0 Å².